The van der Waals surface area contributed by atoms with Crippen LogP contribution in [-0.2, 0) is 17.8 Å². The Labute approximate surface area is 106 Å². The zero-order valence-corrected chi connectivity index (χ0v) is 10.3. The molecule has 1 unspecified atom stereocenters. The van der Waals surface area contributed by atoms with Crippen LogP contribution in [0.2, 0.25) is 0 Å². The summed E-state index contributed by atoms with van der Waals surface area (Å²) >= 11 is 0. The lowest BCUT2D eigenvalue weighted by Crippen LogP contribution is -2.47. The Hall–Kier alpha value is -1.01. The molecule has 1 heterocycles. The van der Waals surface area contributed by atoms with Gasteiger partial charge in [0.2, 0.25) is 0 Å². The first-order valence-corrected chi connectivity index (χ1v) is 6.15. The van der Waals surface area contributed by atoms with E-state index in [0.29, 0.717) is 37.4 Å². The molecule has 0 amide bonds. The van der Waals surface area contributed by atoms with Crippen molar-refractivity contribution in [1.29, 1.82) is 0 Å². The molecule has 1 saturated heterocycles. The minimum absolute atomic E-state index is 0.0260. The lowest BCUT2D eigenvalue weighted by molar-refractivity contribution is -0.0316. The molecular weight excluding hydrogens is 235 g/mol. The molecule has 5 heteroatoms. The van der Waals surface area contributed by atoms with Gasteiger partial charge < -0.3 is 15.6 Å². The van der Waals surface area contributed by atoms with E-state index in [1.54, 1.807) is 12.1 Å². The van der Waals surface area contributed by atoms with Crippen molar-refractivity contribution >= 4 is 0 Å². The second-order valence-electron chi connectivity index (χ2n) is 4.48. The van der Waals surface area contributed by atoms with Crippen molar-refractivity contribution in [1.82, 2.24) is 4.90 Å². The Morgan fingerprint density at radius 2 is 2.22 bits per heavy atom. The molecule has 0 bridgehead atoms. The maximum Gasteiger partial charge on any atom is 0.132 e. The molecule has 0 radical (unpaired) electrons. The zero-order valence-electron chi connectivity index (χ0n) is 10.3. The van der Waals surface area contributed by atoms with E-state index in [4.69, 9.17) is 10.5 Å². The third-order valence-electron chi connectivity index (χ3n) is 3.31. The van der Waals surface area contributed by atoms with Gasteiger partial charge in [-0.15, -0.1) is 0 Å². The van der Waals surface area contributed by atoms with E-state index in [1.807, 2.05) is 11.0 Å². The number of aliphatic hydroxyl groups is 1. The van der Waals surface area contributed by atoms with Crippen LogP contribution in [0.5, 0.6) is 0 Å². The number of hydrogen-bond acceptors (Lipinski definition) is 4. The molecule has 18 heavy (non-hydrogen) atoms. The van der Waals surface area contributed by atoms with Crippen LogP contribution >= 0.6 is 0 Å². The van der Waals surface area contributed by atoms with Gasteiger partial charge in [-0.1, -0.05) is 18.2 Å². The second kappa shape index (κ2) is 6.24. The van der Waals surface area contributed by atoms with Gasteiger partial charge in [0.05, 0.1) is 25.9 Å². The first kappa shape index (κ1) is 13.4. The van der Waals surface area contributed by atoms with Gasteiger partial charge in [0.25, 0.3) is 0 Å². The van der Waals surface area contributed by atoms with E-state index < -0.39 is 0 Å². The average molecular weight is 254 g/mol. The minimum atomic E-state index is -0.233. The summed E-state index contributed by atoms with van der Waals surface area (Å²) in [5, 5.41) is 9.27. The van der Waals surface area contributed by atoms with Crippen molar-refractivity contribution in [3.8, 4) is 0 Å². The Kier molecular flexibility index (Phi) is 4.66. The maximum atomic E-state index is 14.1. The molecule has 100 valence electrons. The number of ether oxygens (including phenoxy) is 1. The van der Waals surface area contributed by atoms with Crippen molar-refractivity contribution in [2.45, 2.75) is 19.1 Å². The summed E-state index contributed by atoms with van der Waals surface area (Å²) in [5.41, 5.74) is 6.64. The number of morpholine rings is 1. The Balaban J connectivity index is 2.12. The summed E-state index contributed by atoms with van der Waals surface area (Å²) in [6, 6.07) is 5.22. The highest BCUT2D eigenvalue weighted by Gasteiger charge is 2.23. The van der Waals surface area contributed by atoms with Gasteiger partial charge >= 0.3 is 0 Å². The summed E-state index contributed by atoms with van der Waals surface area (Å²) in [7, 11) is 0. The van der Waals surface area contributed by atoms with Gasteiger partial charge in [-0.3, -0.25) is 4.90 Å². The van der Waals surface area contributed by atoms with E-state index in [-0.39, 0.29) is 25.0 Å². The molecule has 1 aliphatic heterocycles. The molecule has 0 aromatic heterocycles. The summed E-state index contributed by atoms with van der Waals surface area (Å²) < 4.78 is 19.4. The molecule has 1 aromatic rings. The molecule has 1 fully saturated rings. The number of benzene rings is 1. The molecule has 0 aliphatic carbocycles. The second-order valence-corrected chi connectivity index (χ2v) is 4.48. The van der Waals surface area contributed by atoms with Gasteiger partial charge in [0.15, 0.2) is 0 Å². The van der Waals surface area contributed by atoms with E-state index in [2.05, 4.69) is 0 Å². The molecule has 1 atom stereocenters. The van der Waals surface area contributed by atoms with Crippen LogP contribution in [0.3, 0.4) is 0 Å². The molecule has 0 spiro atoms. The molecule has 4 nitrogen and oxygen atoms in total. The first-order chi connectivity index (χ1) is 8.76. The Morgan fingerprint density at radius 1 is 1.44 bits per heavy atom. The molecule has 2 rings (SSSR count). The molecule has 0 saturated carbocycles. The van der Waals surface area contributed by atoms with Crippen LogP contribution < -0.4 is 5.73 Å². The summed E-state index contributed by atoms with van der Waals surface area (Å²) in [4.78, 5) is 2.04. The van der Waals surface area contributed by atoms with Crippen LogP contribution in [-0.4, -0.2) is 42.4 Å². The SMILES string of the molecule is NCc1cccc(CN2CCOCC2CO)c1F. The van der Waals surface area contributed by atoms with E-state index in [0.717, 1.165) is 0 Å². The number of nitrogens with two attached hydrogens (primary N) is 1. The number of aliphatic hydroxyl groups excluding tert-OH is 1. The van der Waals surface area contributed by atoms with Crippen molar-refractivity contribution in [2.75, 3.05) is 26.4 Å². The zero-order chi connectivity index (χ0) is 13.0. The largest absolute Gasteiger partial charge is 0.395 e. The number of nitrogens with zero attached hydrogens (tertiary/aromatic N) is 1. The third kappa shape index (κ3) is 2.87. The van der Waals surface area contributed by atoms with E-state index in [1.165, 1.54) is 0 Å². The average Bonchev–Trinajstić information content (AvgIpc) is 2.42. The summed E-state index contributed by atoms with van der Waals surface area (Å²) in [5.74, 6) is -0.233. The molecular formula is C13H19FN2O2. The van der Waals surface area contributed by atoms with Crippen molar-refractivity contribution < 1.29 is 14.2 Å². The molecule has 3 N–H and O–H groups in total. The predicted octanol–water partition coefficient (Wildman–Crippen LogP) is 0.477. The normalized spacial score (nSPS) is 21.2. The van der Waals surface area contributed by atoms with Crippen LogP contribution in [0, 0.1) is 5.82 Å². The van der Waals surface area contributed by atoms with Gasteiger partial charge in [0.1, 0.15) is 5.82 Å². The van der Waals surface area contributed by atoms with Crippen LogP contribution in [0.15, 0.2) is 18.2 Å². The number of rotatable bonds is 4. The predicted molar refractivity (Wildman–Crippen MR) is 66.4 cm³/mol. The fourth-order valence-corrected chi connectivity index (χ4v) is 2.20. The molecule has 1 aromatic carbocycles. The van der Waals surface area contributed by atoms with E-state index >= 15 is 0 Å². The standard InChI is InChI=1S/C13H19FN2O2/c14-13-10(6-15)2-1-3-11(13)7-16-4-5-18-9-12(16)8-17/h1-3,12,17H,4-9,15H2. The maximum absolute atomic E-state index is 14.1. The smallest absolute Gasteiger partial charge is 0.132 e. The topological polar surface area (TPSA) is 58.7 Å². The highest BCUT2D eigenvalue weighted by atomic mass is 19.1. The van der Waals surface area contributed by atoms with Crippen LogP contribution in [0.4, 0.5) is 4.39 Å². The summed E-state index contributed by atoms with van der Waals surface area (Å²) in [6.07, 6.45) is 0. The Morgan fingerprint density at radius 3 is 2.94 bits per heavy atom. The first-order valence-electron chi connectivity index (χ1n) is 6.15. The van der Waals surface area contributed by atoms with Crippen LogP contribution in [0.1, 0.15) is 11.1 Å². The van der Waals surface area contributed by atoms with Gasteiger partial charge in [0, 0.05) is 30.8 Å². The minimum Gasteiger partial charge on any atom is -0.395 e. The van der Waals surface area contributed by atoms with Crippen molar-refractivity contribution in [3.63, 3.8) is 0 Å². The fourth-order valence-electron chi connectivity index (χ4n) is 2.20. The Bertz CT molecular complexity index is 401. The summed E-state index contributed by atoms with van der Waals surface area (Å²) in [6.45, 7) is 2.53. The number of hydrogen-bond donors (Lipinski definition) is 2. The third-order valence-corrected chi connectivity index (χ3v) is 3.31. The quantitative estimate of drug-likeness (QED) is 0.820. The lowest BCUT2D eigenvalue weighted by atomic mass is 10.1. The lowest BCUT2D eigenvalue weighted by Gasteiger charge is -2.34. The van der Waals surface area contributed by atoms with Crippen molar-refractivity contribution in [2.24, 2.45) is 5.73 Å². The van der Waals surface area contributed by atoms with Gasteiger partial charge in [-0.2, -0.15) is 0 Å². The molecule has 1 aliphatic rings. The van der Waals surface area contributed by atoms with Gasteiger partial charge in [-0.05, 0) is 0 Å². The van der Waals surface area contributed by atoms with Crippen LogP contribution in [0.25, 0.3) is 0 Å². The van der Waals surface area contributed by atoms with E-state index in [9.17, 15) is 9.50 Å². The highest BCUT2D eigenvalue weighted by molar-refractivity contribution is 5.26. The van der Waals surface area contributed by atoms with Gasteiger partial charge in [-0.25, -0.2) is 4.39 Å². The highest BCUT2D eigenvalue weighted by Crippen LogP contribution is 2.17. The van der Waals surface area contributed by atoms with Crippen molar-refractivity contribution in [3.05, 3.63) is 35.1 Å². The number of halogens is 1. The monoisotopic (exact) mass is 254 g/mol. The fraction of sp³-hybridized carbons (Fsp3) is 0.538.